The Morgan fingerprint density at radius 3 is 2.32 bits per heavy atom. The Bertz CT molecular complexity index is 738. The number of carbonyl (C=O) groups excluding carboxylic acids is 3. The van der Waals surface area contributed by atoms with Crippen LogP contribution in [0.3, 0.4) is 0 Å². The Kier molecular flexibility index (Phi) is 4.95. The second-order valence-electron chi connectivity index (χ2n) is 6.34. The first-order valence-electron chi connectivity index (χ1n) is 8.59. The summed E-state index contributed by atoms with van der Waals surface area (Å²) in [6, 6.07) is 6.67. The van der Waals surface area contributed by atoms with Crippen LogP contribution >= 0.6 is 11.6 Å². The number of benzene rings is 1. The fraction of sp³-hybridized carbons (Fsp3) is 0.421. The molecule has 0 unspecified atom stereocenters. The minimum atomic E-state index is -0.373. The number of rotatable bonds is 4. The van der Waals surface area contributed by atoms with E-state index in [1.54, 1.807) is 29.2 Å². The van der Waals surface area contributed by atoms with Crippen molar-refractivity contribution >= 4 is 35.0 Å². The highest BCUT2D eigenvalue weighted by molar-refractivity contribution is 6.30. The number of carbonyl (C=O) groups is 3. The normalized spacial score (nSPS) is 22.7. The molecule has 0 bridgehead atoms. The number of nitrogens with zero attached hydrogens (tertiary/aromatic N) is 2. The molecule has 1 saturated heterocycles. The maximum Gasteiger partial charge on any atom is 0.253 e. The Morgan fingerprint density at radius 2 is 1.72 bits per heavy atom. The van der Waals surface area contributed by atoms with Gasteiger partial charge < -0.3 is 4.90 Å². The molecule has 0 saturated carbocycles. The van der Waals surface area contributed by atoms with Gasteiger partial charge in [0.2, 0.25) is 11.8 Å². The van der Waals surface area contributed by atoms with E-state index in [0.717, 1.165) is 0 Å². The molecule has 3 rings (SSSR count). The Labute approximate surface area is 152 Å². The number of imide groups is 1. The molecule has 25 heavy (non-hydrogen) atoms. The summed E-state index contributed by atoms with van der Waals surface area (Å²) in [6.45, 7) is 5.13. The Morgan fingerprint density at radius 1 is 1.12 bits per heavy atom. The molecule has 1 aliphatic heterocycles. The number of allylic oxidation sites excluding steroid dienone is 2. The van der Waals surface area contributed by atoms with Crippen LogP contribution in [-0.2, 0) is 9.59 Å². The van der Waals surface area contributed by atoms with Crippen LogP contribution in [0.2, 0.25) is 0 Å². The van der Waals surface area contributed by atoms with Gasteiger partial charge in [-0.25, -0.2) is 0 Å². The summed E-state index contributed by atoms with van der Waals surface area (Å²) >= 11 is 6.04. The molecule has 3 amide bonds. The summed E-state index contributed by atoms with van der Waals surface area (Å²) in [6.07, 6.45) is 2.75. The van der Waals surface area contributed by atoms with Gasteiger partial charge in [-0.15, -0.1) is 0 Å². The van der Waals surface area contributed by atoms with Gasteiger partial charge in [-0.3, -0.25) is 19.3 Å². The van der Waals surface area contributed by atoms with Gasteiger partial charge in [0.05, 0.1) is 17.5 Å². The van der Waals surface area contributed by atoms with Crippen molar-refractivity contribution in [2.75, 3.05) is 18.0 Å². The van der Waals surface area contributed by atoms with Crippen LogP contribution in [0, 0.1) is 11.8 Å². The lowest BCUT2D eigenvalue weighted by Crippen LogP contribution is -2.32. The van der Waals surface area contributed by atoms with Crippen LogP contribution in [0.5, 0.6) is 0 Å². The number of halogens is 1. The molecule has 1 fully saturated rings. The standard InChI is InChI=1S/C19H21ClN2O3/c1-3-21(4-2)17(23)12-5-8-14(9-6-12)22-18(24)15-10-7-13(20)11-16(15)19(22)25/h5-9,15-16H,3-4,10-11H2,1-2H3/t15-,16-/m1/s1. The predicted octanol–water partition coefficient (Wildman–Crippen LogP) is 3.19. The molecule has 2 aliphatic rings. The number of hydrogen-bond donors (Lipinski definition) is 0. The maximum atomic E-state index is 12.7. The van der Waals surface area contributed by atoms with Crippen molar-refractivity contribution in [3.63, 3.8) is 0 Å². The van der Waals surface area contributed by atoms with E-state index in [4.69, 9.17) is 11.6 Å². The Balaban J connectivity index is 1.82. The van der Waals surface area contributed by atoms with Crippen LogP contribution in [-0.4, -0.2) is 35.7 Å². The topological polar surface area (TPSA) is 57.7 Å². The zero-order valence-electron chi connectivity index (χ0n) is 14.4. The third kappa shape index (κ3) is 3.09. The Hall–Kier alpha value is -2.14. The largest absolute Gasteiger partial charge is 0.339 e. The average Bonchev–Trinajstić information content (AvgIpc) is 2.86. The van der Waals surface area contributed by atoms with Gasteiger partial charge in [-0.05, 0) is 51.0 Å². The van der Waals surface area contributed by atoms with E-state index in [0.29, 0.717) is 42.2 Å². The minimum Gasteiger partial charge on any atom is -0.339 e. The van der Waals surface area contributed by atoms with E-state index in [2.05, 4.69) is 0 Å². The van der Waals surface area contributed by atoms with Gasteiger partial charge in [0.1, 0.15) is 0 Å². The first kappa shape index (κ1) is 17.7. The van der Waals surface area contributed by atoms with Crippen molar-refractivity contribution in [2.45, 2.75) is 26.7 Å². The molecule has 0 radical (unpaired) electrons. The molecular formula is C19H21ClN2O3. The van der Waals surface area contributed by atoms with E-state index in [1.807, 2.05) is 19.9 Å². The van der Waals surface area contributed by atoms with Gasteiger partial charge in [-0.2, -0.15) is 0 Å². The highest BCUT2D eigenvalue weighted by atomic mass is 35.5. The summed E-state index contributed by atoms with van der Waals surface area (Å²) in [7, 11) is 0. The molecule has 2 atom stereocenters. The van der Waals surface area contributed by atoms with Gasteiger partial charge in [0.15, 0.2) is 0 Å². The van der Waals surface area contributed by atoms with Crippen LogP contribution in [0.4, 0.5) is 5.69 Å². The smallest absolute Gasteiger partial charge is 0.253 e. The van der Waals surface area contributed by atoms with Crippen LogP contribution in [0.15, 0.2) is 35.4 Å². The average molecular weight is 361 g/mol. The lowest BCUT2D eigenvalue weighted by Gasteiger charge is -2.19. The fourth-order valence-electron chi connectivity index (χ4n) is 3.53. The molecule has 6 heteroatoms. The lowest BCUT2D eigenvalue weighted by molar-refractivity contribution is -0.122. The molecule has 1 aromatic rings. The molecule has 0 spiro atoms. The van der Waals surface area contributed by atoms with Crippen LogP contribution in [0.25, 0.3) is 0 Å². The first-order valence-corrected chi connectivity index (χ1v) is 8.97. The summed E-state index contributed by atoms with van der Waals surface area (Å²) in [5.74, 6) is -1.14. The van der Waals surface area contributed by atoms with E-state index < -0.39 is 0 Å². The molecular weight excluding hydrogens is 340 g/mol. The molecule has 5 nitrogen and oxygen atoms in total. The van der Waals surface area contributed by atoms with Crippen molar-refractivity contribution in [2.24, 2.45) is 11.8 Å². The maximum absolute atomic E-state index is 12.7. The van der Waals surface area contributed by atoms with Gasteiger partial charge in [0.25, 0.3) is 5.91 Å². The second-order valence-corrected chi connectivity index (χ2v) is 6.83. The lowest BCUT2D eigenvalue weighted by atomic mass is 9.85. The van der Waals surface area contributed by atoms with Crippen LogP contribution < -0.4 is 4.90 Å². The van der Waals surface area contributed by atoms with E-state index >= 15 is 0 Å². The zero-order valence-corrected chi connectivity index (χ0v) is 15.1. The van der Waals surface area contributed by atoms with E-state index in [1.165, 1.54) is 4.90 Å². The fourth-order valence-corrected chi connectivity index (χ4v) is 3.78. The van der Waals surface area contributed by atoms with E-state index in [-0.39, 0.29) is 29.6 Å². The highest BCUT2D eigenvalue weighted by Gasteiger charge is 2.48. The summed E-state index contributed by atoms with van der Waals surface area (Å²) in [5, 5.41) is 0.643. The monoisotopic (exact) mass is 360 g/mol. The predicted molar refractivity (Wildman–Crippen MR) is 96.3 cm³/mol. The molecule has 1 aliphatic carbocycles. The van der Waals surface area contributed by atoms with Crippen molar-refractivity contribution in [1.82, 2.24) is 4.90 Å². The van der Waals surface area contributed by atoms with Crippen molar-refractivity contribution in [1.29, 1.82) is 0 Å². The quantitative estimate of drug-likeness (QED) is 0.775. The van der Waals surface area contributed by atoms with Crippen molar-refractivity contribution < 1.29 is 14.4 Å². The third-order valence-electron chi connectivity index (χ3n) is 4.99. The molecule has 1 heterocycles. The van der Waals surface area contributed by atoms with Crippen molar-refractivity contribution in [3.8, 4) is 0 Å². The molecule has 0 N–H and O–H groups in total. The summed E-state index contributed by atoms with van der Waals surface area (Å²) in [5.41, 5.74) is 1.06. The zero-order chi connectivity index (χ0) is 18.1. The van der Waals surface area contributed by atoms with Gasteiger partial charge >= 0.3 is 0 Å². The molecule has 0 aromatic heterocycles. The molecule has 1 aromatic carbocycles. The van der Waals surface area contributed by atoms with Crippen molar-refractivity contribution in [3.05, 3.63) is 40.9 Å². The van der Waals surface area contributed by atoms with Gasteiger partial charge in [0, 0.05) is 23.7 Å². The first-order chi connectivity index (χ1) is 12.0. The minimum absolute atomic E-state index is 0.0553. The van der Waals surface area contributed by atoms with Gasteiger partial charge in [-0.1, -0.05) is 17.7 Å². The van der Waals surface area contributed by atoms with Crippen LogP contribution in [0.1, 0.15) is 37.0 Å². The number of amides is 3. The number of fused-ring (bicyclic) bond motifs is 1. The second kappa shape index (κ2) is 7.00. The number of anilines is 1. The summed E-state index contributed by atoms with van der Waals surface area (Å²) in [4.78, 5) is 40.6. The SMILES string of the molecule is CCN(CC)C(=O)c1ccc(N2C(=O)[C@@H]3CC=C(Cl)C[C@H]3C2=O)cc1. The highest BCUT2D eigenvalue weighted by Crippen LogP contribution is 2.40. The van der Waals surface area contributed by atoms with E-state index in [9.17, 15) is 14.4 Å². The third-order valence-corrected chi connectivity index (χ3v) is 5.30. The number of hydrogen-bond acceptors (Lipinski definition) is 3. The summed E-state index contributed by atoms with van der Waals surface area (Å²) < 4.78 is 0. The molecule has 132 valence electrons.